The molecule has 16 nitrogen and oxygen atoms in total. The maximum absolute atomic E-state index is 13.7. The van der Waals surface area contributed by atoms with Crippen LogP contribution in [-0.2, 0) is 42.7 Å². The normalized spacial score (nSPS) is 15.2. The summed E-state index contributed by atoms with van der Waals surface area (Å²) < 4.78 is 54.4. The van der Waals surface area contributed by atoms with Gasteiger partial charge in [-0.2, -0.15) is 0 Å². The van der Waals surface area contributed by atoms with Gasteiger partial charge >= 0.3 is 29.8 Å². The number of carbonyl (C=O) groups excluding carboxylic acids is 5. The van der Waals surface area contributed by atoms with Gasteiger partial charge in [0.25, 0.3) is 0 Å². The number of rotatable bonds is 21. The standard InChI is InChI=1S/C40H50O16/c1-23(47-7)19-49-25(3)21-51-39(45)33-17-36(56-38(44)30-11-15-32(16-12-30)54-28(6)42)34(40(46)52-22-26(4)50-20-24(2)48-8)18-35(33)55-37(43)29-9-13-31(14-10-29)53-27(5)41/h9-11,13-15,17-18,23-27,41H,12,16,19-22H2,1-8H3. The van der Waals surface area contributed by atoms with Gasteiger partial charge in [-0.25, -0.2) is 19.2 Å². The average Bonchev–Trinajstić information content (AvgIpc) is 3.17. The van der Waals surface area contributed by atoms with E-state index in [1.807, 2.05) is 0 Å². The SMILES string of the molecule is COC(C)COC(C)COC(=O)c1cc(OC(=O)c2ccc(OC(C)O)cc2)c(C(=O)OCC(C)OCC(C)OC)cc1OC(=O)C1=CC=C(OC(C)=O)CC1. The number of methoxy groups -OCH3 is 2. The van der Waals surface area contributed by atoms with E-state index in [1.165, 1.54) is 64.5 Å². The summed E-state index contributed by atoms with van der Waals surface area (Å²) in [7, 11) is 3.06. The van der Waals surface area contributed by atoms with Crippen LogP contribution in [0.25, 0.3) is 0 Å². The molecule has 1 N–H and O–H groups in total. The highest BCUT2D eigenvalue weighted by atomic mass is 16.6. The minimum Gasteiger partial charge on any atom is -0.465 e. The predicted molar refractivity (Wildman–Crippen MR) is 197 cm³/mol. The van der Waals surface area contributed by atoms with E-state index < -0.39 is 59.8 Å². The molecular formula is C40H50O16. The van der Waals surface area contributed by atoms with Gasteiger partial charge in [-0.1, -0.05) is 0 Å². The first-order valence-corrected chi connectivity index (χ1v) is 17.9. The molecule has 0 aromatic heterocycles. The Kier molecular flexibility index (Phi) is 18.1. The van der Waals surface area contributed by atoms with Crippen molar-refractivity contribution in [3.05, 3.63) is 76.6 Å². The zero-order valence-corrected chi connectivity index (χ0v) is 32.8. The zero-order chi connectivity index (χ0) is 41.4. The highest BCUT2D eigenvalue weighted by molar-refractivity contribution is 6.02. The van der Waals surface area contributed by atoms with Crippen LogP contribution in [0.3, 0.4) is 0 Å². The highest BCUT2D eigenvalue weighted by Gasteiger charge is 2.28. The molecular weight excluding hydrogens is 736 g/mol. The van der Waals surface area contributed by atoms with Crippen LogP contribution in [0, 0.1) is 0 Å². The molecule has 0 spiro atoms. The lowest BCUT2D eigenvalue weighted by Crippen LogP contribution is -2.25. The number of carbonyl (C=O) groups is 5. The second-order valence-corrected chi connectivity index (χ2v) is 12.9. The molecule has 0 amide bonds. The number of aliphatic hydroxyl groups excluding tert-OH is 1. The molecule has 0 aliphatic heterocycles. The lowest BCUT2D eigenvalue weighted by molar-refractivity contribution is -0.137. The van der Waals surface area contributed by atoms with Crippen LogP contribution in [0.4, 0.5) is 0 Å². The Morgan fingerprint density at radius 2 is 1.12 bits per heavy atom. The number of esters is 5. The minimum absolute atomic E-state index is 0.0258. The molecule has 0 heterocycles. The fraction of sp³-hybridized carbons (Fsp3) is 0.475. The van der Waals surface area contributed by atoms with E-state index in [1.54, 1.807) is 27.7 Å². The van der Waals surface area contributed by atoms with Crippen LogP contribution in [-0.4, -0.2) is 106 Å². The van der Waals surface area contributed by atoms with Crippen molar-refractivity contribution in [1.29, 1.82) is 0 Å². The number of hydrogen-bond acceptors (Lipinski definition) is 16. The second kappa shape index (κ2) is 22.4. The predicted octanol–water partition coefficient (Wildman–Crippen LogP) is 4.89. The van der Waals surface area contributed by atoms with Gasteiger partial charge in [0.05, 0.1) is 43.2 Å². The van der Waals surface area contributed by atoms with Crippen LogP contribution < -0.4 is 14.2 Å². The molecule has 5 unspecified atom stereocenters. The third-order valence-corrected chi connectivity index (χ3v) is 7.91. The summed E-state index contributed by atoms with van der Waals surface area (Å²) in [5, 5.41) is 9.52. The number of benzene rings is 2. The zero-order valence-electron chi connectivity index (χ0n) is 32.8. The molecule has 0 radical (unpaired) electrons. The van der Waals surface area contributed by atoms with Gasteiger partial charge in [0, 0.05) is 45.3 Å². The van der Waals surface area contributed by atoms with E-state index in [9.17, 15) is 29.1 Å². The molecule has 0 saturated carbocycles. The van der Waals surface area contributed by atoms with Crippen molar-refractivity contribution in [3.8, 4) is 17.2 Å². The number of ether oxygens (including phenoxy) is 10. The number of allylic oxidation sites excluding steroid dienone is 3. The lowest BCUT2D eigenvalue weighted by Gasteiger charge is -2.19. The topological polar surface area (TPSA) is 198 Å². The molecule has 3 rings (SSSR count). The number of hydrogen-bond donors (Lipinski definition) is 1. The van der Waals surface area contributed by atoms with Gasteiger partial charge < -0.3 is 52.5 Å². The molecule has 0 fully saturated rings. The summed E-state index contributed by atoms with van der Waals surface area (Å²) in [6.07, 6.45) is 0.536. The van der Waals surface area contributed by atoms with Crippen molar-refractivity contribution in [2.75, 3.05) is 40.6 Å². The average molecular weight is 787 g/mol. The van der Waals surface area contributed by atoms with Crippen molar-refractivity contribution < 1.29 is 76.4 Å². The van der Waals surface area contributed by atoms with Gasteiger partial charge in [-0.15, -0.1) is 0 Å². The van der Waals surface area contributed by atoms with E-state index >= 15 is 0 Å². The monoisotopic (exact) mass is 786 g/mol. The van der Waals surface area contributed by atoms with Crippen LogP contribution in [0.2, 0.25) is 0 Å². The smallest absolute Gasteiger partial charge is 0.343 e. The summed E-state index contributed by atoms with van der Waals surface area (Å²) in [6, 6.07) is 7.67. The van der Waals surface area contributed by atoms with Gasteiger partial charge in [-0.3, -0.25) is 4.79 Å². The van der Waals surface area contributed by atoms with Crippen molar-refractivity contribution in [3.63, 3.8) is 0 Å². The largest absolute Gasteiger partial charge is 0.465 e. The van der Waals surface area contributed by atoms with Crippen LogP contribution in [0.1, 0.15) is 85.5 Å². The molecule has 2 aromatic carbocycles. The molecule has 306 valence electrons. The first-order chi connectivity index (χ1) is 26.6. The Labute approximate surface area is 325 Å². The molecule has 2 aromatic rings. The fourth-order valence-electron chi connectivity index (χ4n) is 4.67. The summed E-state index contributed by atoms with van der Waals surface area (Å²) in [5.41, 5.74) is -0.538. The number of aliphatic hydroxyl groups is 1. The van der Waals surface area contributed by atoms with E-state index in [4.69, 9.17) is 47.4 Å². The Morgan fingerprint density at radius 1 is 0.625 bits per heavy atom. The van der Waals surface area contributed by atoms with E-state index in [0.717, 1.165) is 12.1 Å². The van der Waals surface area contributed by atoms with Crippen LogP contribution >= 0.6 is 0 Å². The molecule has 0 bridgehead atoms. The molecule has 16 heteroatoms. The van der Waals surface area contributed by atoms with Gasteiger partial charge in [0.2, 0.25) is 0 Å². The van der Waals surface area contributed by atoms with Gasteiger partial charge in [0.1, 0.15) is 47.3 Å². The minimum atomic E-state index is -1.10. The highest BCUT2D eigenvalue weighted by Crippen LogP contribution is 2.33. The Morgan fingerprint density at radius 3 is 1.55 bits per heavy atom. The lowest BCUT2D eigenvalue weighted by atomic mass is 10.0. The van der Waals surface area contributed by atoms with Crippen molar-refractivity contribution >= 4 is 29.8 Å². The van der Waals surface area contributed by atoms with Crippen molar-refractivity contribution in [2.45, 2.75) is 85.1 Å². The van der Waals surface area contributed by atoms with E-state index in [2.05, 4.69) is 0 Å². The maximum atomic E-state index is 13.7. The summed E-state index contributed by atoms with van der Waals surface area (Å²) in [6.45, 7) is 9.62. The maximum Gasteiger partial charge on any atom is 0.343 e. The van der Waals surface area contributed by atoms with Gasteiger partial charge in [-0.05, 0) is 77.5 Å². The second-order valence-electron chi connectivity index (χ2n) is 12.9. The summed E-state index contributed by atoms with van der Waals surface area (Å²) in [4.78, 5) is 65.6. The van der Waals surface area contributed by atoms with Crippen LogP contribution in [0.5, 0.6) is 17.2 Å². The quantitative estimate of drug-likeness (QED) is 0.0776. The molecule has 1 aliphatic rings. The Hall–Kier alpha value is -5.13. The molecule has 5 atom stereocenters. The first-order valence-electron chi connectivity index (χ1n) is 17.9. The Bertz CT molecular complexity index is 1730. The Balaban J connectivity index is 2.03. The molecule has 56 heavy (non-hydrogen) atoms. The van der Waals surface area contributed by atoms with Gasteiger partial charge in [0.15, 0.2) is 6.29 Å². The van der Waals surface area contributed by atoms with Crippen molar-refractivity contribution in [2.24, 2.45) is 0 Å². The van der Waals surface area contributed by atoms with E-state index in [0.29, 0.717) is 5.76 Å². The molecule has 0 saturated heterocycles. The summed E-state index contributed by atoms with van der Waals surface area (Å²) in [5.74, 6) is -4.51. The first kappa shape index (κ1) is 45.3. The van der Waals surface area contributed by atoms with Crippen molar-refractivity contribution in [1.82, 2.24) is 0 Å². The summed E-state index contributed by atoms with van der Waals surface area (Å²) >= 11 is 0. The third-order valence-electron chi connectivity index (χ3n) is 7.91. The third kappa shape index (κ3) is 14.8. The van der Waals surface area contributed by atoms with Crippen LogP contribution in [0.15, 0.2) is 59.9 Å². The molecule has 1 aliphatic carbocycles. The fourth-order valence-corrected chi connectivity index (χ4v) is 4.67. The van der Waals surface area contributed by atoms with E-state index in [-0.39, 0.29) is 79.5 Å².